The van der Waals surface area contributed by atoms with Crippen LogP contribution in [0.3, 0.4) is 0 Å². The number of rotatable bonds is 6. The predicted octanol–water partition coefficient (Wildman–Crippen LogP) is 3.57. The molecule has 1 spiro atoms. The number of allylic oxidation sites excluding steroid dienone is 1. The second-order valence-electron chi connectivity index (χ2n) is 11.4. The summed E-state index contributed by atoms with van der Waals surface area (Å²) in [5.74, 6) is 0.157. The van der Waals surface area contributed by atoms with Crippen LogP contribution >= 0.6 is 0 Å². The first-order valence-corrected chi connectivity index (χ1v) is 13.8. The van der Waals surface area contributed by atoms with Gasteiger partial charge in [-0.2, -0.15) is 0 Å². The zero-order valence-electron chi connectivity index (χ0n) is 23.4. The summed E-state index contributed by atoms with van der Waals surface area (Å²) in [5.41, 5.74) is 2.00. The fourth-order valence-electron chi connectivity index (χ4n) is 9.03. The monoisotopic (exact) mass is 546 g/mol. The van der Waals surface area contributed by atoms with Crippen LogP contribution < -0.4 is 19.5 Å². The maximum absolute atomic E-state index is 14.2. The molecule has 5 heterocycles. The van der Waals surface area contributed by atoms with Gasteiger partial charge >= 0.3 is 11.9 Å². The van der Waals surface area contributed by atoms with E-state index in [4.69, 9.17) is 23.7 Å². The number of nitrogens with one attached hydrogen (secondary N) is 1. The van der Waals surface area contributed by atoms with Crippen LogP contribution in [0.25, 0.3) is 0 Å². The van der Waals surface area contributed by atoms with Crippen molar-refractivity contribution in [2.45, 2.75) is 49.4 Å². The highest BCUT2D eigenvalue weighted by molar-refractivity contribution is 5.93. The number of para-hydroxylation sites is 1. The number of carbonyl (C=O) groups is 2. The number of esters is 2. The van der Waals surface area contributed by atoms with E-state index in [2.05, 4.69) is 28.4 Å². The van der Waals surface area contributed by atoms with Crippen molar-refractivity contribution >= 4 is 17.6 Å². The van der Waals surface area contributed by atoms with Crippen molar-refractivity contribution in [2.75, 3.05) is 40.3 Å². The molecule has 0 aromatic heterocycles. The van der Waals surface area contributed by atoms with Crippen LogP contribution in [0, 0.1) is 11.3 Å². The molecule has 8 rings (SSSR count). The molecule has 8 atom stereocenters. The summed E-state index contributed by atoms with van der Waals surface area (Å²) in [6, 6.07) is 11.5. The molecule has 9 nitrogen and oxygen atoms in total. The Kier molecular flexibility index (Phi) is 5.45. The van der Waals surface area contributed by atoms with Crippen molar-refractivity contribution in [1.29, 1.82) is 0 Å². The molecule has 0 radical (unpaired) electrons. The van der Waals surface area contributed by atoms with Gasteiger partial charge in [-0.15, -0.1) is 0 Å². The van der Waals surface area contributed by atoms with E-state index in [-0.39, 0.29) is 35.6 Å². The number of carbonyl (C=O) groups excluding carboxylic acids is 2. The molecule has 0 amide bonds. The average molecular weight is 547 g/mol. The van der Waals surface area contributed by atoms with Crippen LogP contribution in [0.5, 0.6) is 17.2 Å². The minimum atomic E-state index is -1.03. The van der Waals surface area contributed by atoms with Gasteiger partial charge in [0.2, 0.25) is 5.75 Å². The third-order valence-electron chi connectivity index (χ3n) is 10.4. The fraction of sp³-hybridized carbons (Fsp3) is 0.484. The smallest absolute Gasteiger partial charge is 0.338 e. The lowest BCUT2D eigenvalue weighted by molar-refractivity contribution is -0.179. The van der Waals surface area contributed by atoms with E-state index in [0.717, 1.165) is 24.2 Å². The maximum Gasteiger partial charge on any atom is 0.338 e. The quantitative estimate of drug-likeness (QED) is 0.431. The first-order chi connectivity index (χ1) is 19.4. The van der Waals surface area contributed by atoms with Gasteiger partial charge in [0.05, 0.1) is 45.5 Å². The van der Waals surface area contributed by atoms with E-state index in [1.165, 1.54) is 34.0 Å². The molecule has 5 aliphatic heterocycles. The van der Waals surface area contributed by atoms with E-state index >= 15 is 0 Å². The van der Waals surface area contributed by atoms with Crippen LogP contribution in [0.15, 0.2) is 48.0 Å². The molecule has 2 aromatic carbocycles. The number of piperidine rings is 4. The fourth-order valence-corrected chi connectivity index (χ4v) is 9.03. The molecule has 1 N–H and O–H groups in total. The van der Waals surface area contributed by atoms with Crippen molar-refractivity contribution in [2.24, 2.45) is 11.3 Å². The SMILES string of the molecule is CC=C1CN2C3CC1C1(C(=O)OC)C2CC2(c4ccccc4NC32)C1OC(=O)c1cc(OC)c(OC)c(OC)c1. The van der Waals surface area contributed by atoms with Gasteiger partial charge in [0.25, 0.3) is 0 Å². The normalized spacial score (nSPS) is 36.5. The number of methoxy groups -OCH3 is 4. The van der Waals surface area contributed by atoms with E-state index < -0.39 is 22.9 Å². The van der Waals surface area contributed by atoms with Gasteiger partial charge in [-0.1, -0.05) is 29.8 Å². The largest absolute Gasteiger partial charge is 0.493 e. The van der Waals surface area contributed by atoms with Crippen LogP contribution in [0.4, 0.5) is 5.69 Å². The Morgan fingerprint density at radius 1 is 1.05 bits per heavy atom. The Balaban J connectivity index is 1.43. The van der Waals surface area contributed by atoms with Crippen molar-refractivity contribution in [1.82, 2.24) is 4.90 Å². The summed E-state index contributed by atoms with van der Waals surface area (Å²) in [5, 5.41) is 3.81. The lowest BCUT2D eigenvalue weighted by Gasteiger charge is -2.60. The highest BCUT2D eigenvalue weighted by atomic mass is 16.6. The summed E-state index contributed by atoms with van der Waals surface area (Å²) < 4.78 is 28.7. The maximum atomic E-state index is 14.2. The van der Waals surface area contributed by atoms with Gasteiger partial charge in [-0.25, -0.2) is 4.79 Å². The van der Waals surface area contributed by atoms with E-state index in [1.807, 2.05) is 19.1 Å². The van der Waals surface area contributed by atoms with Crippen molar-refractivity contribution in [3.05, 3.63) is 59.2 Å². The number of hydrogen-bond donors (Lipinski definition) is 1. The number of nitrogens with zero attached hydrogens (tertiary/aromatic N) is 1. The van der Waals surface area contributed by atoms with Gasteiger partial charge < -0.3 is 29.0 Å². The van der Waals surface area contributed by atoms with Gasteiger partial charge in [-0.3, -0.25) is 9.69 Å². The summed E-state index contributed by atoms with van der Waals surface area (Å²) in [6.45, 7) is 2.84. The molecule has 5 fully saturated rings. The number of anilines is 1. The molecule has 2 aromatic rings. The molecule has 4 saturated heterocycles. The average Bonchev–Trinajstić information content (AvgIpc) is 3.46. The summed E-state index contributed by atoms with van der Waals surface area (Å²) in [6.07, 6.45) is 2.88. The van der Waals surface area contributed by atoms with Crippen LogP contribution in [-0.2, 0) is 19.7 Å². The summed E-state index contributed by atoms with van der Waals surface area (Å²) >= 11 is 0. The summed E-state index contributed by atoms with van der Waals surface area (Å²) in [4.78, 5) is 30.8. The molecule has 9 heteroatoms. The molecule has 1 aliphatic carbocycles. The summed E-state index contributed by atoms with van der Waals surface area (Å²) in [7, 11) is 5.97. The Morgan fingerprint density at radius 3 is 2.42 bits per heavy atom. The second-order valence-corrected chi connectivity index (χ2v) is 11.4. The van der Waals surface area contributed by atoms with Crippen LogP contribution in [0.2, 0.25) is 0 Å². The molecule has 1 saturated carbocycles. The molecule has 40 heavy (non-hydrogen) atoms. The lowest BCUT2D eigenvalue weighted by atomic mass is 9.58. The first-order valence-electron chi connectivity index (χ1n) is 13.8. The van der Waals surface area contributed by atoms with Gasteiger partial charge in [0.15, 0.2) is 11.5 Å². The molecular weight excluding hydrogens is 512 g/mol. The molecule has 6 bridgehead atoms. The van der Waals surface area contributed by atoms with Gasteiger partial charge in [0, 0.05) is 30.2 Å². The zero-order chi connectivity index (χ0) is 28.0. The topological polar surface area (TPSA) is 95.6 Å². The van der Waals surface area contributed by atoms with Crippen molar-refractivity contribution in [3.8, 4) is 17.2 Å². The van der Waals surface area contributed by atoms with E-state index in [9.17, 15) is 9.59 Å². The lowest BCUT2D eigenvalue weighted by Crippen LogP contribution is -2.71. The number of fused-ring (bicyclic) bond motifs is 2. The van der Waals surface area contributed by atoms with E-state index in [1.54, 1.807) is 12.1 Å². The van der Waals surface area contributed by atoms with Crippen molar-refractivity contribution in [3.63, 3.8) is 0 Å². The van der Waals surface area contributed by atoms with Crippen LogP contribution in [0.1, 0.15) is 35.7 Å². The molecule has 6 aliphatic rings. The highest BCUT2D eigenvalue weighted by Crippen LogP contribution is 2.72. The Labute approximate surface area is 233 Å². The van der Waals surface area contributed by atoms with E-state index in [0.29, 0.717) is 23.7 Å². The third-order valence-corrected chi connectivity index (χ3v) is 10.4. The Morgan fingerprint density at radius 2 is 1.77 bits per heavy atom. The highest BCUT2D eigenvalue weighted by Gasteiger charge is 2.83. The van der Waals surface area contributed by atoms with Gasteiger partial charge in [-0.05, 0) is 43.5 Å². The minimum absolute atomic E-state index is 0.00572. The van der Waals surface area contributed by atoms with Gasteiger partial charge in [0.1, 0.15) is 11.5 Å². The minimum Gasteiger partial charge on any atom is -0.493 e. The van der Waals surface area contributed by atoms with Crippen molar-refractivity contribution < 1.29 is 33.3 Å². The zero-order valence-corrected chi connectivity index (χ0v) is 23.4. The Bertz CT molecular complexity index is 1430. The second kappa shape index (κ2) is 8.64. The Hall–Kier alpha value is -3.72. The predicted molar refractivity (Wildman–Crippen MR) is 146 cm³/mol. The first kappa shape index (κ1) is 25.3. The number of benzene rings is 2. The molecular formula is C31H34N2O7. The number of ether oxygens (including phenoxy) is 5. The number of hydrogen-bond acceptors (Lipinski definition) is 9. The third kappa shape index (κ3) is 2.81. The molecule has 210 valence electrons. The standard InChI is InChI=1S/C31H34N2O7/c1-6-16-15-33-21-13-19(16)31(29(35)39-5)24(33)14-30(18-9-7-8-10-20(18)32-26(21)30)28(31)40-27(34)17-11-22(36-2)25(38-4)23(12-17)37-3/h6-12,19,21,24,26,28,32H,13-15H2,1-5H3. The molecule has 8 unspecified atom stereocenters. The van der Waals surface area contributed by atoms with Crippen LogP contribution in [-0.4, -0.2) is 76.1 Å².